The SMILES string of the molecule is CC(C)Cc1ccc(C(C)C(=O)OC(C)(C)CC(C)(C)[n+]2ccccc2)cc1. The van der Waals surface area contributed by atoms with Crippen LogP contribution in [-0.2, 0) is 21.5 Å². The van der Waals surface area contributed by atoms with Crippen molar-refractivity contribution in [3.05, 3.63) is 66.0 Å². The van der Waals surface area contributed by atoms with Gasteiger partial charge in [-0.2, -0.15) is 0 Å². The van der Waals surface area contributed by atoms with Gasteiger partial charge in [0.05, 0.1) is 12.3 Å². The first kappa shape index (κ1) is 22.1. The standard InChI is InChI=1S/C25H36NO2/c1-19(2)17-21-11-13-22(14-12-21)20(3)23(27)28-25(6,7)18-24(4,5)26-15-9-8-10-16-26/h8-16,19-20H,17-18H2,1-7H3/q+1. The molecular formula is C25H36NO2+. The molecule has 0 spiro atoms. The summed E-state index contributed by atoms with van der Waals surface area (Å²) in [7, 11) is 0. The first-order valence-electron chi connectivity index (χ1n) is 10.3. The third-order valence-corrected chi connectivity index (χ3v) is 5.13. The highest BCUT2D eigenvalue weighted by atomic mass is 16.6. The number of aromatic nitrogens is 1. The van der Waals surface area contributed by atoms with Gasteiger partial charge in [-0.3, -0.25) is 4.79 Å². The summed E-state index contributed by atoms with van der Waals surface area (Å²) in [6, 6.07) is 14.4. The number of pyridine rings is 1. The second-order valence-corrected chi connectivity index (χ2v) is 9.51. The molecule has 0 fully saturated rings. The fourth-order valence-electron chi connectivity index (χ4n) is 3.88. The van der Waals surface area contributed by atoms with Gasteiger partial charge in [-0.15, -0.1) is 0 Å². The molecule has 1 atom stereocenters. The second kappa shape index (κ2) is 8.89. The van der Waals surface area contributed by atoms with Gasteiger partial charge in [0.1, 0.15) is 5.60 Å². The van der Waals surface area contributed by atoms with Crippen LogP contribution in [-0.4, -0.2) is 11.6 Å². The fourth-order valence-corrected chi connectivity index (χ4v) is 3.88. The van der Waals surface area contributed by atoms with E-state index in [1.165, 1.54) is 5.56 Å². The molecule has 0 aliphatic carbocycles. The lowest BCUT2D eigenvalue weighted by Crippen LogP contribution is -2.55. The molecule has 0 saturated heterocycles. The van der Waals surface area contributed by atoms with Crippen molar-refractivity contribution in [3.8, 4) is 0 Å². The van der Waals surface area contributed by atoms with Crippen molar-refractivity contribution in [2.45, 2.75) is 78.4 Å². The Morgan fingerprint density at radius 1 is 0.964 bits per heavy atom. The van der Waals surface area contributed by atoms with E-state index in [0.717, 1.165) is 18.4 Å². The largest absolute Gasteiger partial charge is 0.459 e. The molecule has 0 N–H and O–H groups in total. The number of hydrogen-bond acceptors (Lipinski definition) is 2. The van der Waals surface area contributed by atoms with E-state index in [9.17, 15) is 4.79 Å². The van der Waals surface area contributed by atoms with Crippen LogP contribution >= 0.6 is 0 Å². The Morgan fingerprint density at radius 3 is 2.07 bits per heavy atom. The molecule has 0 radical (unpaired) electrons. The molecule has 28 heavy (non-hydrogen) atoms. The van der Waals surface area contributed by atoms with Gasteiger partial charge in [-0.05, 0) is 44.2 Å². The maximum Gasteiger partial charge on any atom is 0.313 e. The predicted octanol–water partition coefficient (Wildman–Crippen LogP) is 5.42. The Balaban J connectivity index is 2.03. The summed E-state index contributed by atoms with van der Waals surface area (Å²) in [5.74, 6) is 0.176. The summed E-state index contributed by atoms with van der Waals surface area (Å²) in [4.78, 5) is 12.8. The lowest BCUT2D eigenvalue weighted by Gasteiger charge is -2.32. The second-order valence-electron chi connectivity index (χ2n) is 9.51. The number of hydrogen-bond donors (Lipinski definition) is 0. The van der Waals surface area contributed by atoms with Crippen molar-refractivity contribution in [2.24, 2.45) is 5.92 Å². The highest BCUT2D eigenvalue weighted by molar-refractivity contribution is 5.78. The van der Waals surface area contributed by atoms with Crippen LogP contribution in [0.3, 0.4) is 0 Å². The molecule has 0 aliphatic rings. The highest BCUT2D eigenvalue weighted by Crippen LogP contribution is 2.28. The van der Waals surface area contributed by atoms with Gasteiger partial charge < -0.3 is 4.74 Å². The predicted molar refractivity (Wildman–Crippen MR) is 114 cm³/mol. The zero-order valence-electron chi connectivity index (χ0n) is 18.5. The summed E-state index contributed by atoms with van der Waals surface area (Å²) in [6.07, 6.45) is 5.89. The smallest absolute Gasteiger partial charge is 0.313 e. The highest BCUT2D eigenvalue weighted by Gasteiger charge is 2.38. The van der Waals surface area contributed by atoms with Crippen LogP contribution in [0.2, 0.25) is 0 Å². The van der Waals surface area contributed by atoms with E-state index in [-0.39, 0.29) is 17.4 Å². The molecule has 2 rings (SSSR count). The molecule has 0 aliphatic heterocycles. The summed E-state index contributed by atoms with van der Waals surface area (Å²) in [5, 5.41) is 0. The minimum absolute atomic E-state index is 0.160. The molecule has 0 bridgehead atoms. The minimum Gasteiger partial charge on any atom is -0.459 e. The van der Waals surface area contributed by atoms with Crippen LogP contribution in [0.15, 0.2) is 54.9 Å². The molecule has 1 aromatic heterocycles. The first-order valence-corrected chi connectivity index (χ1v) is 10.3. The van der Waals surface area contributed by atoms with Gasteiger partial charge in [0.15, 0.2) is 17.9 Å². The van der Waals surface area contributed by atoms with E-state index in [4.69, 9.17) is 4.74 Å². The lowest BCUT2D eigenvalue weighted by atomic mass is 9.88. The number of rotatable bonds is 8. The number of carbonyl (C=O) groups excluding carboxylic acids is 1. The van der Waals surface area contributed by atoms with E-state index in [2.05, 4.69) is 68.9 Å². The van der Waals surface area contributed by atoms with Crippen molar-refractivity contribution in [1.29, 1.82) is 0 Å². The molecule has 2 aromatic rings. The van der Waals surface area contributed by atoms with Gasteiger partial charge in [-0.1, -0.05) is 44.2 Å². The van der Waals surface area contributed by atoms with Crippen LogP contribution in [0.5, 0.6) is 0 Å². The van der Waals surface area contributed by atoms with Crippen molar-refractivity contribution in [2.75, 3.05) is 0 Å². The molecular weight excluding hydrogens is 346 g/mol. The zero-order valence-corrected chi connectivity index (χ0v) is 18.5. The molecule has 0 amide bonds. The number of carbonyl (C=O) groups is 1. The lowest BCUT2D eigenvalue weighted by molar-refractivity contribution is -0.760. The van der Waals surface area contributed by atoms with Gasteiger partial charge >= 0.3 is 5.97 Å². The third-order valence-electron chi connectivity index (χ3n) is 5.13. The van der Waals surface area contributed by atoms with Crippen LogP contribution < -0.4 is 4.57 Å². The molecule has 1 heterocycles. The molecule has 1 unspecified atom stereocenters. The van der Waals surface area contributed by atoms with Crippen molar-refractivity contribution in [3.63, 3.8) is 0 Å². The molecule has 3 nitrogen and oxygen atoms in total. The van der Waals surface area contributed by atoms with Crippen LogP contribution in [0.1, 0.15) is 71.9 Å². The average molecular weight is 383 g/mol. The molecule has 3 heteroatoms. The zero-order chi connectivity index (χ0) is 20.9. The van der Waals surface area contributed by atoms with Crippen LogP contribution in [0.4, 0.5) is 0 Å². The number of ether oxygens (including phenoxy) is 1. The summed E-state index contributed by atoms with van der Waals surface area (Å²) in [6.45, 7) is 14.7. The van der Waals surface area contributed by atoms with Gasteiger partial charge in [-0.25, -0.2) is 4.57 Å². The van der Waals surface area contributed by atoms with E-state index in [1.54, 1.807) is 0 Å². The van der Waals surface area contributed by atoms with E-state index in [0.29, 0.717) is 5.92 Å². The number of nitrogens with zero attached hydrogens (tertiary/aromatic N) is 1. The van der Waals surface area contributed by atoms with Crippen LogP contribution in [0.25, 0.3) is 0 Å². The first-order chi connectivity index (χ1) is 13.0. The third kappa shape index (κ3) is 6.19. The fraction of sp³-hybridized carbons (Fsp3) is 0.520. The van der Waals surface area contributed by atoms with E-state index in [1.807, 2.05) is 39.0 Å². The quantitative estimate of drug-likeness (QED) is 0.450. The Hall–Kier alpha value is -2.16. The molecule has 0 saturated carbocycles. The Bertz CT molecular complexity index is 761. The number of esters is 1. The topological polar surface area (TPSA) is 30.2 Å². The maximum atomic E-state index is 12.8. The normalized spacial score (nSPS) is 13.4. The van der Waals surface area contributed by atoms with E-state index < -0.39 is 5.60 Å². The van der Waals surface area contributed by atoms with Crippen molar-refractivity contribution in [1.82, 2.24) is 0 Å². The number of benzene rings is 1. The summed E-state index contributed by atoms with van der Waals surface area (Å²) < 4.78 is 8.12. The summed E-state index contributed by atoms with van der Waals surface area (Å²) in [5.41, 5.74) is 1.59. The molecule has 152 valence electrons. The van der Waals surface area contributed by atoms with E-state index >= 15 is 0 Å². The van der Waals surface area contributed by atoms with Crippen molar-refractivity contribution >= 4 is 5.97 Å². The van der Waals surface area contributed by atoms with Crippen molar-refractivity contribution < 1.29 is 14.1 Å². The summed E-state index contributed by atoms with van der Waals surface area (Å²) >= 11 is 0. The monoisotopic (exact) mass is 382 g/mol. The minimum atomic E-state index is -0.560. The van der Waals surface area contributed by atoms with Gasteiger partial charge in [0.2, 0.25) is 0 Å². The Labute approximate surface area is 170 Å². The molecule has 1 aromatic carbocycles. The van der Waals surface area contributed by atoms with Crippen LogP contribution in [0, 0.1) is 5.92 Å². The van der Waals surface area contributed by atoms with Gasteiger partial charge in [0.25, 0.3) is 0 Å². The Kier molecular flexibility index (Phi) is 7.03. The Morgan fingerprint density at radius 2 is 1.54 bits per heavy atom. The van der Waals surface area contributed by atoms with Gasteiger partial charge in [0, 0.05) is 26.0 Å². The average Bonchev–Trinajstić information content (AvgIpc) is 2.60. The maximum absolute atomic E-state index is 12.8.